The normalized spacial score (nSPS) is 12.2. The molecule has 0 aliphatic heterocycles. The lowest BCUT2D eigenvalue weighted by Gasteiger charge is -2.19. The van der Waals surface area contributed by atoms with Crippen LogP contribution in [-0.4, -0.2) is 71.6 Å². The molecule has 0 aliphatic carbocycles. The maximum atomic E-state index is 12.5. The second-order valence-corrected chi connectivity index (χ2v) is 6.82. The summed E-state index contributed by atoms with van der Waals surface area (Å²) in [7, 11) is 0. The van der Waals surface area contributed by atoms with Crippen molar-refractivity contribution in [3.63, 3.8) is 0 Å². The van der Waals surface area contributed by atoms with Gasteiger partial charge in [-0.3, -0.25) is 19.4 Å². The molecule has 0 saturated heterocycles. The van der Waals surface area contributed by atoms with E-state index >= 15 is 0 Å². The van der Waals surface area contributed by atoms with Gasteiger partial charge in [0.25, 0.3) is 0 Å². The van der Waals surface area contributed by atoms with Crippen molar-refractivity contribution in [2.24, 2.45) is 22.2 Å². The fourth-order valence-corrected chi connectivity index (χ4v) is 2.63. The van der Waals surface area contributed by atoms with Crippen LogP contribution in [0.25, 0.3) is 0 Å². The molecule has 32 heavy (non-hydrogen) atoms. The molecule has 0 spiro atoms. The van der Waals surface area contributed by atoms with E-state index in [4.69, 9.17) is 17.2 Å². The lowest BCUT2D eigenvalue weighted by molar-refractivity contribution is -0.142. The Morgan fingerprint density at radius 2 is 1.62 bits per heavy atom. The van der Waals surface area contributed by atoms with Gasteiger partial charge in [-0.05, 0) is 30.5 Å². The topological polar surface area (TPSA) is 235 Å². The molecule has 3 amide bonds. The van der Waals surface area contributed by atoms with Gasteiger partial charge >= 0.3 is 5.97 Å². The summed E-state index contributed by atoms with van der Waals surface area (Å²) in [6, 6.07) is 3.81. The van der Waals surface area contributed by atoms with Crippen molar-refractivity contribution < 1.29 is 29.4 Å². The minimum atomic E-state index is -1.24. The van der Waals surface area contributed by atoms with Crippen LogP contribution in [0, 0.1) is 0 Å². The number of guanidine groups is 1. The number of phenols is 1. The zero-order valence-corrected chi connectivity index (χ0v) is 17.4. The van der Waals surface area contributed by atoms with Gasteiger partial charge in [0, 0.05) is 13.0 Å². The molecule has 0 aliphatic rings. The van der Waals surface area contributed by atoms with Gasteiger partial charge < -0.3 is 43.4 Å². The number of nitrogens with one attached hydrogen (secondary N) is 3. The van der Waals surface area contributed by atoms with E-state index in [1.807, 2.05) is 0 Å². The number of carbonyl (C=O) groups excluding carboxylic acids is 3. The van der Waals surface area contributed by atoms with Gasteiger partial charge in [-0.25, -0.2) is 4.79 Å². The summed E-state index contributed by atoms with van der Waals surface area (Å²) in [4.78, 5) is 51.4. The molecule has 2 atom stereocenters. The summed E-state index contributed by atoms with van der Waals surface area (Å²) in [5, 5.41) is 25.7. The number of hydrogen-bond donors (Lipinski definition) is 8. The molecule has 1 aromatic rings. The summed E-state index contributed by atoms with van der Waals surface area (Å²) in [6.45, 7) is -0.625. The molecular weight excluding hydrogens is 422 g/mol. The van der Waals surface area contributed by atoms with E-state index < -0.39 is 42.3 Å². The first-order chi connectivity index (χ1) is 15.1. The number of aliphatic imine (C=N–C) groups is 1. The number of carboxylic acids is 1. The monoisotopic (exact) mass is 451 g/mol. The van der Waals surface area contributed by atoms with Gasteiger partial charge in [-0.15, -0.1) is 0 Å². The minimum absolute atomic E-state index is 0.0451. The summed E-state index contributed by atoms with van der Waals surface area (Å²) >= 11 is 0. The van der Waals surface area contributed by atoms with Crippen molar-refractivity contribution in [2.45, 2.75) is 31.3 Å². The fraction of sp³-hybridized carbons (Fsp3) is 0.421. The average Bonchev–Trinajstić information content (AvgIpc) is 2.74. The van der Waals surface area contributed by atoms with Crippen LogP contribution >= 0.6 is 0 Å². The van der Waals surface area contributed by atoms with E-state index in [0.29, 0.717) is 12.0 Å². The number of hydrogen-bond acceptors (Lipinski definition) is 7. The van der Waals surface area contributed by atoms with Crippen molar-refractivity contribution in [3.05, 3.63) is 29.8 Å². The van der Waals surface area contributed by atoms with Crippen LogP contribution in [0.4, 0.5) is 0 Å². The maximum Gasteiger partial charge on any atom is 0.326 e. The van der Waals surface area contributed by atoms with Crippen LogP contribution < -0.4 is 33.2 Å². The zero-order chi connectivity index (χ0) is 24.1. The highest BCUT2D eigenvalue weighted by Gasteiger charge is 2.23. The van der Waals surface area contributed by atoms with Crippen molar-refractivity contribution in [3.8, 4) is 5.75 Å². The van der Waals surface area contributed by atoms with Crippen LogP contribution in [0.1, 0.15) is 18.4 Å². The largest absolute Gasteiger partial charge is 0.508 e. The second-order valence-electron chi connectivity index (χ2n) is 6.82. The number of aliphatic carboxylic acids is 1. The number of amides is 3. The number of benzene rings is 1. The molecule has 0 radical (unpaired) electrons. The highest BCUT2D eigenvalue weighted by atomic mass is 16.4. The molecule has 13 nitrogen and oxygen atoms in total. The third-order valence-corrected chi connectivity index (χ3v) is 4.22. The van der Waals surface area contributed by atoms with Crippen molar-refractivity contribution in [1.29, 1.82) is 0 Å². The molecule has 0 saturated carbocycles. The van der Waals surface area contributed by atoms with E-state index in [-0.39, 0.29) is 37.6 Å². The second kappa shape index (κ2) is 13.4. The van der Waals surface area contributed by atoms with Crippen LogP contribution in [0.15, 0.2) is 29.3 Å². The Labute approximate surface area is 184 Å². The predicted molar refractivity (Wildman–Crippen MR) is 115 cm³/mol. The lowest BCUT2D eigenvalue weighted by atomic mass is 10.0. The Morgan fingerprint density at radius 1 is 1.00 bits per heavy atom. The van der Waals surface area contributed by atoms with Gasteiger partial charge in [0.05, 0.1) is 13.1 Å². The van der Waals surface area contributed by atoms with E-state index in [2.05, 4.69) is 20.9 Å². The number of phenolic OH excluding ortho intramolecular Hbond substituents is 1. The average molecular weight is 451 g/mol. The third kappa shape index (κ3) is 10.2. The Hall–Kier alpha value is -3.87. The lowest BCUT2D eigenvalue weighted by Crippen LogP contribution is -2.52. The molecule has 1 rings (SSSR count). The summed E-state index contributed by atoms with van der Waals surface area (Å²) in [5.74, 6) is -3.26. The van der Waals surface area contributed by atoms with Crippen molar-refractivity contribution in [1.82, 2.24) is 16.0 Å². The molecule has 13 heteroatoms. The van der Waals surface area contributed by atoms with Gasteiger partial charge in [-0.1, -0.05) is 12.1 Å². The molecule has 0 heterocycles. The van der Waals surface area contributed by atoms with Gasteiger partial charge in [0.15, 0.2) is 5.96 Å². The van der Waals surface area contributed by atoms with Crippen molar-refractivity contribution >= 4 is 29.7 Å². The fourth-order valence-electron chi connectivity index (χ4n) is 2.63. The number of aromatic hydroxyl groups is 1. The minimum Gasteiger partial charge on any atom is -0.508 e. The van der Waals surface area contributed by atoms with E-state index in [1.54, 1.807) is 12.1 Å². The Bertz CT molecular complexity index is 824. The molecular formula is C19H29N7O6. The van der Waals surface area contributed by atoms with Gasteiger partial charge in [0.2, 0.25) is 17.7 Å². The third-order valence-electron chi connectivity index (χ3n) is 4.22. The quantitative estimate of drug-likeness (QED) is 0.0871. The highest BCUT2D eigenvalue weighted by molar-refractivity contribution is 5.92. The summed E-state index contributed by atoms with van der Waals surface area (Å²) < 4.78 is 0. The number of nitrogens with two attached hydrogens (primary N) is 3. The zero-order valence-electron chi connectivity index (χ0n) is 17.4. The first-order valence-corrected chi connectivity index (χ1v) is 9.75. The molecule has 1 aromatic carbocycles. The standard InChI is InChI=1S/C19H29N7O6/c20-9-15(28)26-14(8-11-3-5-12(27)6-4-11)17(30)24-10-16(29)25-13(18(31)32)2-1-7-23-19(21)22/h3-6,13-14,27H,1-2,7-10,20H2,(H,24,30)(H,25,29)(H,26,28)(H,31,32)(H4,21,22,23). The van der Waals surface area contributed by atoms with Crippen LogP contribution in [0.5, 0.6) is 5.75 Å². The van der Waals surface area contributed by atoms with Crippen LogP contribution in [0.3, 0.4) is 0 Å². The molecule has 0 fully saturated rings. The Morgan fingerprint density at radius 3 is 2.19 bits per heavy atom. The Balaban J connectivity index is 2.64. The van der Waals surface area contributed by atoms with E-state index in [0.717, 1.165) is 0 Å². The predicted octanol–water partition coefficient (Wildman–Crippen LogP) is -2.88. The first kappa shape index (κ1) is 26.2. The molecule has 2 unspecified atom stereocenters. The summed E-state index contributed by atoms with van der Waals surface area (Å²) in [5.41, 5.74) is 16.3. The molecule has 176 valence electrons. The molecule has 0 aromatic heterocycles. The highest BCUT2D eigenvalue weighted by Crippen LogP contribution is 2.11. The van der Waals surface area contributed by atoms with E-state index in [1.165, 1.54) is 12.1 Å². The number of carboxylic acid groups (broad SMARTS) is 1. The Kier molecular flexibility index (Phi) is 11.0. The smallest absolute Gasteiger partial charge is 0.326 e. The number of nitrogens with zero attached hydrogens (tertiary/aromatic N) is 1. The summed E-state index contributed by atoms with van der Waals surface area (Å²) in [6.07, 6.45) is 0.491. The molecule has 11 N–H and O–H groups in total. The van der Waals surface area contributed by atoms with E-state index in [9.17, 15) is 29.4 Å². The van der Waals surface area contributed by atoms with Gasteiger partial charge in [-0.2, -0.15) is 0 Å². The van der Waals surface area contributed by atoms with Crippen LogP contribution in [-0.2, 0) is 25.6 Å². The number of rotatable bonds is 13. The number of carbonyl (C=O) groups is 4. The maximum absolute atomic E-state index is 12.5. The van der Waals surface area contributed by atoms with Crippen LogP contribution in [0.2, 0.25) is 0 Å². The SMILES string of the molecule is NCC(=O)NC(Cc1ccc(O)cc1)C(=O)NCC(=O)NC(CCCN=C(N)N)C(=O)O. The van der Waals surface area contributed by atoms with Crippen molar-refractivity contribution in [2.75, 3.05) is 19.6 Å². The molecule has 0 bridgehead atoms. The first-order valence-electron chi connectivity index (χ1n) is 9.75. The van der Waals surface area contributed by atoms with Gasteiger partial charge in [0.1, 0.15) is 17.8 Å².